The minimum absolute atomic E-state index is 0.840. The molecule has 0 aromatic carbocycles. The van der Waals surface area contributed by atoms with Gasteiger partial charge in [-0.2, -0.15) is 0 Å². The van der Waals surface area contributed by atoms with Crippen molar-refractivity contribution < 1.29 is 9.90 Å². The summed E-state index contributed by atoms with van der Waals surface area (Å²) < 4.78 is 0. The van der Waals surface area contributed by atoms with Crippen molar-refractivity contribution in [3.05, 3.63) is 23.0 Å². The number of carboxylic acid groups (broad SMARTS) is 1. The third-order valence-electron chi connectivity index (χ3n) is 1.91. The highest BCUT2D eigenvalue weighted by Gasteiger charge is 2.19. The Hall–Kier alpha value is -0.616. The standard InChI is InChI=1S/C11H22O2Si2/c1-14(2,3)8-7-10(9-11(12)13)15(4,5)6/h7-9H,1-6H3,(H,12,13)/b8-7+,10-9-. The van der Waals surface area contributed by atoms with E-state index >= 15 is 0 Å². The number of carbonyl (C=O) groups is 1. The molecular formula is C11H22O2Si2. The van der Waals surface area contributed by atoms with Gasteiger partial charge in [-0.1, -0.05) is 56.3 Å². The zero-order valence-corrected chi connectivity index (χ0v) is 12.6. The van der Waals surface area contributed by atoms with Crippen LogP contribution in [0, 0.1) is 0 Å². The lowest BCUT2D eigenvalue weighted by molar-refractivity contribution is -0.131. The number of allylic oxidation sites excluding steroid dienone is 2. The largest absolute Gasteiger partial charge is 0.478 e. The van der Waals surface area contributed by atoms with Crippen molar-refractivity contribution in [1.82, 2.24) is 0 Å². The van der Waals surface area contributed by atoms with Gasteiger partial charge in [0.1, 0.15) is 0 Å². The molecule has 0 aliphatic heterocycles. The Morgan fingerprint density at radius 1 is 1.07 bits per heavy atom. The molecule has 0 unspecified atom stereocenters. The molecule has 0 radical (unpaired) electrons. The predicted molar refractivity (Wildman–Crippen MR) is 71.6 cm³/mol. The van der Waals surface area contributed by atoms with Crippen molar-refractivity contribution in [3.63, 3.8) is 0 Å². The molecule has 0 heterocycles. The molecule has 15 heavy (non-hydrogen) atoms. The van der Waals surface area contributed by atoms with Crippen LogP contribution in [0.5, 0.6) is 0 Å². The molecule has 0 bridgehead atoms. The van der Waals surface area contributed by atoms with Crippen molar-refractivity contribution in [2.45, 2.75) is 39.3 Å². The van der Waals surface area contributed by atoms with E-state index in [-0.39, 0.29) is 0 Å². The summed E-state index contributed by atoms with van der Waals surface area (Å²) in [6, 6.07) is 0. The Morgan fingerprint density at radius 2 is 1.53 bits per heavy atom. The highest BCUT2D eigenvalue weighted by Crippen LogP contribution is 2.17. The van der Waals surface area contributed by atoms with Gasteiger partial charge in [-0.05, 0) is 0 Å². The van der Waals surface area contributed by atoms with Gasteiger partial charge >= 0.3 is 5.97 Å². The fraction of sp³-hybridized carbons (Fsp3) is 0.545. The number of carboxylic acids is 1. The second kappa shape index (κ2) is 4.94. The van der Waals surface area contributed by atoms with Crippen LogP contribution in [0.1, 0.15) is 0 Å². The number of hydrogen-bond acceptors (Lipinski definition) is 1. The first-order valence-electron chi connectivity index (χ1n) is 5.17. The first kappa shape index (κ1) is 14.4. The van der Waals surface area contributed by atoms with Crippen LogP contribution in [0.25, 0.3) is 0 Å². The first-order chi connectivity index (χ1) is 6.52. The van der Waals surface area contributed by atoms with E-state index in [9.17, 15) is 4.79 Å². The van der Waals surface area contributed by atoms with E-state index < -0.39 is 22.1 Å². The molecule has 0 aliphatic rings. The van der Waals surface area contributed by atoms with Crippen LogP contribution in [-0.4, -0.2) is 27.2 Å². The molecule has 0 aromatic rings. The summed E-state index contributed by atoms with van der Waals surface area (Å²) in [6.45, 7) is 13.2. The average Bonchev–Trinajstić information content (AvgIpc) is 1.93. The van der Waals surface area contributed by atoms with Gasteiger partial charge in [-0.15, -0.1) is 0 Å². The molecule has 2 nitrogen and oxygen atoms in total. The maximum Gasteiger partial charge on any atom is 0.328 e. The van der Waals surface area contributed by atoms with Crippen molar-refractivity contribution in [1.29, 1.82) is 0 Å². The molecule has 0 amide bonds. The lowest BCUT2D eigenvalue weighted by Gasteiger charge is -2.18. The molecule has 0 atom stereocenters. The summed E-state index contributed by atoms with van der Waals surface area (Å²) in [5.41, 5.74) is 2.21. The first-order valence-corrected chi connectivity index (χ1v) is 12.2. The Balaban J connectivity index is 5.01. The molecular weight excluding hydrogens is 220 g/mol. The van der Waals surface area contributed by atoms with Crippen LogP contribution < -0.4 is 0 Å². The van der Waals surface area contributed by atoms with E-state index in [1.165, 1.54) is 6.08 Å². The van der Waals surface area contributed by atoms with Crippen molar-refractivity contribution in [2.75, 3.05) is 0 Å². The zero-order valence-electron chi connectivity index (χ0n) is 10.6. The Morgan fingerprint density at radius 3 is 1.80 bits per heavy atom. The molecule has 0 saturated carbocycles. The molecule has 0 aliphatic carbocycles. The van der Waals surface area contributed by atoms with Gasteiger partial charge in [0.05, 0.1) is 16.1 Å². The summed E-state index contributed by atoms with van der Waals surface area (Å²) in [5.74, 6) is -0.840. The van der Waals surface area contributed by atoms with Gasteiger partial charge in [0.25, 0.3) is 0 Å². The molecule has 0 fully saturated rings. The molecule has 0 rings (SSSR count). The molecule has 0 saturated heterocycles. The van der Waals surface area contributed by atoms with Gasteiger partial charge in [0.2, 0.25) is 0 Å². The van der Waals surface area contributed by atoms with Crippen molar-refractivity contribution >= 4 is 22.1 Å². The maximum absolute atomic E-state index is 10.7. The third-order valence-corrected chi connectivity index (χ3v) is 5.12. The van der Waals surface area contributed by atoms with Crippen molar-refractivity contribution in [2.24, 2.45) is 0 Å². The lowest BCUT2D eigenvalue weighted by atomic mass is 10.5. The molecule has 86 valence electrons. The van der Waals surface area contributed by atoms with E-state index in [0.717, 1.165) is 5.20 Å². The molecule has 1 N–H and O–H groups in total. The Bertz CT molecular complexity index is 291. The van der Waals surface area contributed by atoms with Crippen LogP contribution in [-0.2, 0) is 4.79 Å². The number of hydrogen-bond donors (Lipinski definition) is 1. The molecule has 0 spiro atoms. The summed E-state index contributed by atoms with van der Waals surface area (Å²) in [4.78, 5) is 10.7. The van der Waals surface area contributed by atoms with E-state index in [4.69, 9.17) is 5.11 Å². The van der Waals surface area contributed by atoms with E-state index in [0.29, 0.717) is 0 Å². The summed E-state index contributed by atoms with van der Waals surface area (Å²) in [7, 11) is -2.78. The SMILES string of the molecule is C[Si](C)(C)/C=C/C(=C/C(=O)O)[Si](C)(C)C. The smallest absolute Gasteiger partial charge is 0.328 e. The van der Waals surface area contributed by atoms with Crippen LogP contribution in [0.4, 0.5) is 0 Å². The number of aliphatic carboxylic acids is 1. The highest BCUT2D eigenvalue weighted by molar-refractivity contribution is 6.85. The fourth-order valence-corrected chi connectivity index (χ4v) is 2.97. The quantitative estimate of drug-likeness (QED) is 0.466. The summed E-state index contributed by atoms with van der Waals surface area (Å²) >= 11 is 0. The predicted octanol–water partition coefficient (Wildman–Crippen LogP) is 3.31. The summed E-state index contributed by atoms with van der Waals surface area (Å²) in [6.07, 6.45) is 3.40. The van der Waals surface area contributed by atoms with Crippen LogP contribution in [0.15, 0.2) is 23.0 Å². The topological polar surface area (TPSA) is 37.3 Å². The monoisotopic (exact) mass is 242 g/mol. The van der Waals surface area contributed by atoms with Crippen LogP contribution >= 0.6 is 0 Å². The molecule has 0 aromatic heterocycles. The van der Waals surface area contributed by atoms with Gasteiger partial charge in [-0.3, -0.25) is 0 Å². The zero-order chi connectivity index (χ0) is 12.3. The van der Waals surface area contributed by atoms with Gasteiger partial charge in [0, 0.05) is 6.08 Å². The van der Waals surface area contributed by atoms with Gasteiger partial charge in [-0.25, -0.2) is 4.79 Å². The van der Waals surface area contributed by atoms with Crippen molar-refractivity contribution in [3.8, 4) is 0 Å². The average molecular weight is 242 g/mol. The number of rotatable bonds is 4. The normalized spacial score (nSPS) is 14.7. The van der Waals surface area contributed by atoms with Gasteiger partial charge < -0.3 is 5.11 Å². The van der Waals surface area contributed by atoms with E-state index in [1.807, 2.05) is 6.08 Å². The van der Waals surface area contributed by atoms with E-state index in [2.05, 4.69) is 45.0 Å². The fourth-order valence-electron chi connectivity index (χ4n) is 0.987. The minimum Gasteiger partial charge on any atom is -0.478 e. The highest BCUT2D eigenvalue weighted by atomic mass is 28.3. The van der Waals surface area contributed by atoms with Crippen LogP contribution in [0.3, 0.4) is 0 Å². The lowest BCUT2D eigenvalue weighted by Crippen LogP contribution is -2.25. The van der Waals surface area contributed by atoms with Crippen LogP contribution in [0.2, 0.25) is 39.3 Å². The minimum atomic E-state index is -1.53. The summed E-state index contributed by atoms with van der Waals surface area (Å²) in [5, 5.41) is 9.81. The molecule has 4 heteroatoms. The van der Waals surface area contributed by atoms with Gasteiger partial charge in [0.15, 0.2) is 0 Å². The van der Waals surface area contributed by atoms with E-state index in [1.54, 1.807) is 0 Å². The Labute approximate surface area is 94.7 Å². The second-order valence-electron chi connectivity index (χ2n) is 5.89. The maximum atomic E-state index is 10.7. The second-order valence-corrected chi connectivity index (χ2v) is 16.0. The Kier molecular flexibility index (Phi) is 4.74. The third kappa shape index (κ3) is 7.33.